The highest BCUT2D eigenvalue weighted by Crippen LogP contribution is 2.31. The molecule has 1 aliphatic rings. The molecule has 2 N–H and O–H groups in total. The Morgan fingerprint density at radius 1 is 1.09 bits per heavy atom. The third-order valence-electron chi connectivity index (χ3n) is 4.58. The topological polar surface area (TPSA) is 105 Å². The summed E-state index contributed by atoms with van der Waals surface area (Å²) in [5.74, 6) is 0.285. The quantitative estimate of drug-likeness (QED) is 0.389. The van der Waals surface area contributed by atoms with Crippen molar-refractivity contribution in [3.8, 4) is 17.0 Å². The molecule has 1 saturated heterocycles. The summed E-state index contributed by atoms with van der Waals surface area (Å²) in [7, 11) is 0. The summed E-state index contributed by atoms with van der Waals surface area (Å²) in [5, 5.41) is 5.98. The number of halogens is 3. The van der Waals surface area contributed by atoms with Crippen LogP contribution in [0.4, 0.5) is 30.6 Å². The standard InChI is InChI=1S/C21H18F3N7O2/c22-21(23,24)33-18-5-2-1-4-16(18)30-20-26-8-14(9-27-20)17-10-25-11-19(29-17)28-15-12-31(13-15)6-3-7-32/h1-11,15H,12-13H2,(H,28,29)(H,26,27,30). The van der Waals surface area contributed by atoms with Gasteiger partial charge in [-0.2, -0.15) is 0 Å². The summed E-state index contributed by atoms with van der Waals surface area (Å²) >= 11 is 0. The SMILES string of the molecule is O=CC=CN1CC(Nc2cncc(-c3cnc(Nc4ccccc4OC(F)(F)F)nc3)n2)C1. The van der Waals surface area contributed by atoms with Gasteiger partial charge in [0.2, 0.25) is 5.95 Å². The molecule has 12 heteroatoms. The fourth-order valence-electron chi connectivity index (χ4n) is 3.10. The summed E-state index contributed by atoms with van der Waals surface area (Å²) in [6, 6.07) is 5.79. The summed E-state index contributed by atoms with van der Waals surface area (Å²) in [6.45, 7) is 1.47. The Morgan fingerprint density at radius 2 is 1.85 bits per heavy atom. The van der Waals surface area contributed by atoms with Gasteiger partial charge in [-0.15, -0.1) is 13.2 Å². The van der Waals surface area contributed by atoms with Gasteiger partial charge in [0.1, 0.15) is 12.1 Å². The van der Waals surface area contributed by atoms with Crippen LogP contribution in [-0.2, 0) is 4.79 Å². The number of benzene rings is 1. The third kappa shape index (κ3) is 5.93. The molecular weight excluding hydrogens is 439 g/mol. The molecule has 0 spiro atoms. The molecule has 9 nitrogen and oxygen atoms in total. The zero-order valence-electron chi connectivity index (χ0n) is 17.0. The molecule has 0 aliphatic carbocycles. The summed E-state index contributed by atoms with van der Waals surface area (Å²) in [4.78, 5) is 29.4. The Kier molecular flexibility index (Phi) is 6.33. The van der Waals surface area contributed by atoms with E-state index in [4.69, 9.17) is 0 Å². The van der Waals surface area contributed by atoms with Gasteiger partial charge in [0.05, 0.1) is 29.8 Å². The Balaban J connectivity index is 1.41. The van der Waals surface area contributed by atoms with E-state index in [-0.39, 0.29) is 17.7 Å². The molecule has 0 bridgehead atoms. The number of nitrogens with one attached hydrogen (secondary N) is 2. The number of nitrogens with zero attached hydrogens (tertiary/aromatic N) is 5. The molecule has 1 aliphatic heterocycles. The number of hydrogen-bond acceptors (Lipinski definition) is 9. The van der Waals surface area contributed by atoms with E-state index in [1.54, 1.807) is 24.7 Å². The number of anilines is 3. The summed E-state index contributed by atoms with van der Waals surface area (Å²) in [6.07, 6.45) is 5.23. The third-order valence-corrected chi connectivity index (χ3v) is 4.58. The number of aldehydes is 1. The lowest BCUT2D eigenvalue weighted by atomic mass is 10.1. The molecule has 1 aromatic carbocycles. The van der Waals surface area contributed by atoms with Crippen LogP contribution >= 0.6 is 0 Å². The second kappa shape index (κ2) is 9.51. The van der Waals surface area contributed by atoms with Crippen molar-refractivity contribution in [1.82, 2.24) is 24.8 Å². The predicted molar refractivity (Wildman–Crippen MR) is 114 cm³/mol. The second-order valence-corrected chi connectivity index (χ2v) is 7.03. The fraction of sp³-hybridized carbons (Fsp3) is 0.190. The van der Waals surface area contributed by atoms with Crippen LogP contribution in [-0.4, -0.2) is 56.6 Å². The van der Waals surface area contributed by atoms with Crippen molar-refractivity contribution in [2.24, 2.45) is 0 Å². The van der Waals surface area contributed by atoms with Gasteiger partial charge >= 0.3 is 6.36 Å². The van der Waals surface area contributed by atoms with Gasteiger partial charge in [0.15, 0.2) is 5.75 Å². The average molecular weight is 457 g/mol. The van der Waals surface area contributed by atoms with Crippen LogP contribution in [0.25, 0.3) is 11.3 Å². The minimum Gasteiger partial charge on any atom is -0.404 e. The minimum atomic E-state index is -4.82. The number of carbonyl (C=O) groups is 1. The number of ether oxygens (including phenoxy) is 1. The molecule has 2 aromatic heterocycles. The maximum Gasteiger partial charge on any atom is 0.573 e. The van der Waals surface area contributed by atoms with Crippen LogP contribution in [0.2, 0.25) is 0 Å². The van der Waals surface area contributed by atoms with Gasteiger partial charge in [-0.05, 0) is 18.2 Å². The van der Waals surface area contributed by atoms with Crippen LogP contribution in [0.1, 0.15) is 0 Å². The number of alkyl halides is 3. The van der Waals surface area contributed by atoms with Crippen molar-refractivity contribution in [1.29, 1.82) is 0 Å². The largest absolute Gasteiger partial charge is 0.573 e. The number of allylic oxidation sites excluding steroid dienone is 1. The van der Waals surface area contributed by atoms with E-state index in [0.717, 1.165) is 19.4 Å². The zero-order chi connectivity index (χ0) is 23.3. The zero-order valence-corrected chi connectivity index (χ0v) is 17.0. The van der Waals surface area contributed by atoms with E-state index in [0.29, 0.717) is 17.1 Å². The number of likely N-dealkylation sites (tertiary alicyclic amines) is 1. The first-order valence-electron chi connectivity index (χ1n) is 9.78. The van der Waals surface area contributed by atoms with Gasteiger partial charge in [-0.3, -0.25) is 9.78 Å². The molecule has 1 fully saturated rings. The Hall–Kier alpha value is -4.22. The van der Waals surface area contributed by atoms with Crippen molar-refractivity contribution in [3.05, 3.63) is 61.3 Å². The van der Waals surface area contributed by atoms with Crippen LogP contribution in [0.5, 0.6) is 5.75 Å². The average Bonchev–Trinajstić information content (AvgIpc) is 2.76. The molecule has 0 radical (unpaired) electrons. The van der Waals surface area contributed by atoms with Gasteiger partial charge < -0.3 is 20.3 Å². The van der Waals surface area contributed by atoms with Crippen molar-refractivity contribution >= 4 is 23.7 Å². The highest BCUT2D eigenvalue weighted by atomic mass is 19.4. The Labute approximate surface area is 186 Å². The first-order chi connectivity index (χ1) is 15.9. The van der Waals surface area contributed by atoms with Crippen molar-refractivity contribution in [2.75, 3.05) is 23.7 Å². The maximum absolute atomic E-state index is 12.6. The molecule has 0 amide bonds. The van der Waals surface area contributed by atoms with E-state index in [2.05, 4.69) is 35.3 Å². The number of aromatic nitrogens is 4. The number of para-hydroxylation sites is 2. The van der Waals surface area contributed by atoms with Gasteiger partial charge in [0, 0.05) is 37.2 Å². The normalized spacial score (nSPS) is 14.1. The van der Waals surface area contributed by atoms with Crippen LogP contribution in [0.15, 0.2) is 61.3 Å². The van der Waals surface area contributed by atoms with Crippen LogP contribution in [0.3, 0.4) is 0 Å². The maximum atomic E-state index is 12.6. The molecule has 4 rings (SSSR count). The molecule has 0 unspecified atom stereocenters. The summed E-state index contributed by atoms with van der Waals surface area (Å²) in [5.41, 5.74) is 1.19. The van der Waals surface area contributed by atoms with Crippen molar-refractivity contribution in [2.45, 2.75) is 12.4 Å². The number of hydrogen-bond donors (Lipinski definition) is 2. The molecule has 3 aromatic rings. The lowest BCUT2D eigenvalue weighted by molar-refractivity contribution is -0.274. The van der Waals surface area contributed by atoms with E-state index in [9.17, 15) is 18.0 Å². The Bertz CT molecular complexity index is 1130. The smallest absolute Gasteiger partial charge is 0.404 e. The predicted octanol–water partition coefficient (Wildman–Crippen LogP) is 3.38. The second-order valence-electron chi connectivity index (χ2n) is 7.03. The van der Waals surface area contributed by atoms with E-state index < -0.39 is 12.1 Å². The fourth-order valence-corrected chi connectivity index (χ4v) is 3.10. The van der Waals surface area contributed by atoms with E-state index >= 15 is 0 Å². The van der Waals surface area contributed by atoms with E-state index in [1.807, 2.05) is 4.90 Å². The first-order valence-corrected chi connectivity index (χ1v) is 9.78. The molecule has 0 saturated carbocycles. The molecular formula is C21H18F3N7O2. The number of rotatable bonds is 8. The van der Waals surface area contributed by atoms with E-state index in [1.165, 1.54) is 36.7 Å². The Morgan fingerprint density at radius 3 is 2.58 bits per heavy atom. The molecule has 0 atom stereocenters. The monoisotopic (exact) mass is 457 g/mol. The first kappa shape index (κ1) is 22.0. The minimum absolute atomic E-state index is 0.0751. The van der Waals surface area contributed by atoms with Crippen molar-refractivity contribution in [3.63, 3.8) is 0 Å². The van der Waals surface area contributed by atoms with Gasteiger partial charge in [-0.25, -0.2) is 15.0 Å². The lowest BCUT2D eigenvalue weighted by Crippen LogP contribution is -2.52. The van der Waals surface area contributed by atoms with Gasteiger partial charge in [-0.1, -0.05) is 12.1 Å². The van der Waals surface area contributed by atoms with Gasteiger partial charge in [0.25, 0.3) is 0 Å². The summed E-state index contributed by atoms with van der Waals surface area (Å²) < 4.78 is 41.8. The highest BCUT2D eigenvalue weighted by Gasteiger charge is 2.32. The van der Waals surface area contributed by atoms with Crippen LogP contribution < -0.4 is 15.4 Å². The lowest BCUT2D eigenvalue weighted by Gasteiger charge is -2.39. The molecule has 3 heterocycles. The van der Waals surface area contributed by atoms with Crippen molar-refractivity contribution < 1.29 is 22.7 Å². The molecule has 33 heavy (non-hydrogen) atoms. The highest BCUT2D eigenvalue weighted by molar-refractivity contribution is 5.65. The number of carbonyl (C=O) groups excluding carboxylic acids is 1. The van der Waals surface area contributed by atoms with Crippen LogP contribution in [0, 0.1) is 0 Å². The molecule has 170 valence electrons.